The van der Waals surface area contributed by atoms with Gasteiger partial charge in [-0.2, -0.15) is 0 Å². The van der Waals surface area contributed by atoms with Crippen molar-refractivity contribution in [2.45, 2.75) is 65.6 Å². The van der Waals surface area contributed by atoms with Gasteiger partial charge in [-0.1, -0.05) is 6.92 Å². The zero-order valence-electron chi connectivity index (χ0n) is 15.0. The number of hydroxylamine groups is 2. The zero-order chi connectivity index (χ0) is 19.4. The normalized spacial score (nSPS) is 17.1. The molecule has 1 aliphatic heterocycles. The maximum absolute atomic E-state index is 11.9. The van der Waals surface area contributed by atoms with Crippen LogP contribution in [0.25, 0.3) is 0 Å². The highest BCUT2D eigenvalue weighted by Gasteiger charge is 2.34. The third-order valence-electron chi connectivity index (χ3n) is 3.11. The molecule has 1 heterocycles. The first-order valence-corrected chi connectivity index (χ1v) is 7.90. The molecule has 2 amide bonds. The third kappa shape index (κ3) is 6.52. The number of hydrogen-bond donors (Lipinski definition) is 0. The summed E-state index contributed by atoms with van der Waals surface area (Å²) in [6.07, 6.45) is -1.57. The van der Waals surface area contributed by atoms with Gasteiger partial charge in [0.1, 0.15) is 5.60 Å². The molecule has 0 aromatic heterocycles. The smallest absolute Gasteiger partial charge is 0.347 e. The Kier molecular flexibility index (Phi) is 6.66. The number of carbonyl (C=O) groups is 5. The number of hydrogen-bond acceptors (Lipinski definition) is 8. The van der Waals surface area contributed by atoms with Crippen molar-refractivity contribution in [3.63, 3.8) is 0 Å². The molecule has 9 nitrogen and oxygen atoms in total. The minimum absolute atomic E-state index is 0.0168. The number of carbonyl (C=O) groups excluding carboxylic acids is 5. The van der Waals surface area contributed by atoms with Crippen LogP contribution in [0.15, 0.2) is 0 Å². The molecule has 0 saturated carbocycles. The number of amides is 2. The van der Waals surface area contributed by atoms with E-state index in [4.69, 9.17) is 9.47 Å². The predicted molar refractivity (Wildman–Crippen MR) is 82.4 cm³/mol. The van der Waals surface area contributed by atoms with E-state index in [1.54, 1.807) is 20.8 Å². The highest BCUT2D eigenvalue weighted by atomic mass is 16.7. The van der Waals surface area contributed by atoms with Crippen molar-refractivity contribution in [3.05, 3.63) is 0 Å². The molecule has 2 atom stereocenters. The van der Waals surface area contributed by atoms with Crippen LogP contribution in [0.2, 0.25) is 0 Å². The molecule has 0 unspecified atom stereocenters. The van der Waals surface area contributed by atoms with Gasteiger partial charge in [-0.05, 0) is 27.7 Å². The topological polar surface area (TPSA) is 116 Å². The zero-order valence-corrected chi connectivity index (χ0v) is 15.0. The van der Waals surface area contributed by atoms with Crippen LogP contribution >= 0.6 is 0 Å². The van der Waals surface area contributed by atoms with Gasteiger partial charge >= 0.3 is 17.9 Å². The van der Waals surface area contributed by atoms with Crippen molar-refractivity contribution in [1.82, 2.24) is 5.06 Å². The van der Waals surface area contributed by atoms with E-state index in [0.29, 0.717) is 5.06 Å². The van der Waals surface area contributed by atoms with Crippen molar-refractivity contribution in [2.24, 2.45) is 5.92 Å². The largest absolute Gasteiger partial charge is 0.457 e. The summed E-state index contributed by atoms with van der Waals surface area (Å²) in [5, 5.41) is 0.406. The van der Waals surface area contributed by atoms with Gasteiger partial charge in [0, 0.05) is 12.8 Å². The Bertz CT molecular complexity index is 561. The van der Waals surface area contributed by atoms with E-state index in [0.717, 1.165) is 0 Å². The molecule has 0 aromatic carbocycles. The summed E-state index contributed by atoms with van der Waals surface area (Å²) >= 11 is 0. The molecule has 0 bridgehead atoms. The minimum Gasteiger partial charge on any atom is -0.457 e. The second-order valence-electron chi connectivity index (χ2n) is 6.76. The van der Waals surface area contributed by atoms with Crippen LogP contribution in [-0.4, -0.2) is 46.5 Å². The Morgan fingerprint density at radius 3 is 2.04 bits per heavy atom. The fraction of sp³-hybridized carbons (Fsp3) is 0.688. The molecule has 0 aliphatic carbocycles. The van der Waals surface area contributed by atoms with Crippen LogP contribution in [0.1, 0.15) is 53.9 Å². The van der Waals surface area contributed by atoms with Gasteiger partial charge < -0.3 is 14.3 Å². The average molecular weight is 357 g/mol. The van der Waals surface area contributed by atoms with Gasteiger partial charge in [0.15, 0.2) is 6.10 Å². The quantitative estimate of drug-likeness (QED) is 0.508. The fourth-order valence-electron chi connectivity index (χ4n) is 1.85. The number of rotatable bonds is 6. The summed E-state index contributed by atoms with van der Waals surface area (Å²) in [6, 6.07) is 0. The average Bonchev–Trinajstić information content (AvgIpc) is 2.77. The van der Waals surface area contributed by atoms with E-state index in [1.165, 1.54) is 13.8 Å². The second kappa shape index (κ2) is 8.09. The summed E-state index contributed by atoms with van der Waals surface area (Å²) in [6.45, 7) is 7.80. The first-order chi connectivity index (χ1) is 11.4. The lowest BCUT2D eigenvalue weighted by Crippen LogP contribution is -2.35. The number of nitrogens with zero attached hydrogens (tertiary/aromatic N) is 1. The highest BCUT2D eigenvalue weighted by molar-refractivity contribution is 6.01. The van der Waals surface area contributed by atoms with E-state index < -0.39 is 53.8 Å². The summed E-state index contributed by atoms with van der Waals surface area (Å²) in [5.74, 6) is -4.55. The summed E-state index contributed by atoms with van der Waals surface area (Å²) in [4.78, 5) is 62.8. The molecule has 0 aromatic rings. The van der Waals surface area contributed by atoms with E-state index in [1.807, 2.05) is 0 Å². The van der Waals surface area contributed by atoms with Crippen LogP contribution in [0.4, 0.5) is 0 Å². The van der Waals surface area contributed by atoms with Crippen LogP contribution < -0.4 is 0 Å². The van der Waals surface area contributed by atoms with Gasteiger partial charge in [-0.3, -0.25) is 14.4 Å². The number of ether oxygens (including phenoxy) is 2. The molecule has 1 fully saturated rings. The van der Waals surface area contributed by atoms with Gasteiger partial charge in [-0.15, -0.1) is 5.06 Å². The van der Waals surface area contributed by atoms with Gasteiger partial charge in [0.05, 0.1) is 12.3 Å². The molecule has 9 heteroatoms. The summed E-state index contributed by atoms with van der Waals surface area (Å²) in [7, 11) is 0. The fourth-order valence-corrected chi connectivity index (χ4v) is 1.85. The van der Waals surface area contributed by atoms with Crippen LogP contribution in [-0.2, 0) is 38.3 Å². The Balaban J connectivity index is 2.48. The predicted octanol–water partition coefficient (Wildman–Crippen LogP) is 0.893. The van der Waals surface area contributed by atoms with Crippen LogP contribution in [0.3, 0.4) is 0 Å². The minimum atomic E-state index is -1.13. The molecule has 140 valence electrons. The first kappa shape index (κ1) is 20.6. The maximum atomic E-state index is 11.9. The summed E-state index contributed by atoms with van der Waals surface area (Å²) < 4.78 is 10.0. The lowest BCUT2D eigenvalue weighted by molar-refractivity contribution is -0.198. The third-order valence-corrected chi connectivity index (χ3v) is 3.11. The van der Waals surface area contributed by atoms with E-state index in [2.05, 4.69) is 4.84 Å². The molecule has 1 aliphatic rings. The Labute approximate surface area is 145 Å². The Hall–Kier alpha value is -2.45. The first-order valence-electron chi connectivity index (χ1n) is 7.90. The van der Waals surface area contributed by atoms with Crippen LogP contribution in [0.5, 0.6) is 0 Å². The number of imide groups is 1. The van der Waals surface area contributed by atoms with Crippen molar-refractivity contribution >= 4 is 29.7 Å². The molecular formula is C16H23NO8. The van der Waals surface area contributed by atoms with Gasteiger partial charge in [-0.25, -0.2) is 9.59 Å². The van der Waals surface area contributed by atoms with Crippen molar-refractivity contribution in [3.8, 4) is 0 Å². The second-order valence-corrected chi connectivity index (χ2v) is 6.76. The van der Waals surface area contributed by atoms with Crippen LogP contribution in [0, 0.1) is 5.92 Å². The Morgan fingerprint density at radius 1 is 1.04 bits per heavy atom. The molecule has 0 radical (unpaired) electrons. The monoisotopic (exact) mass is 357 g/mol. The molecule has 25 heavy (non-hydrogen) atoms. The molecular weight excluding hydrogens is 334 g/mol. The van der Waals surface area contributed by atoms with E-state index >= 15 is 0 Å². The molecule has 1 rings (SSSR count). The summed E-state index contributed by atoms with van der Waals surface area (Å²) in [5.41, 5.74) is -0.720. The van der Waals surface area contributed by atoms with Gasteiger partial charge in [0.2, 0.25) is 0 Å². The molecule has 1 saturated heterocycles. The maximum Gasteiger partial charge on any atom is 0.347 e. The lowest BCUT2D eigenvalue weighted by Gasteiger charge is -2.23. The lowest BCUT2D eigenvalue weighted by atomic mass is 10.1. The number of esters is 2. The molecule has 0 N–H and O–H groups in total. The van der Waals surface area contributed by atoms with E-state index in [9.17, 15) is 24.0 Å². The van der Waals surface area contributed by atoms with E-state index in [-0.39, 0.29) is 12.8 Å². The van der Waals surface area contributed by atoms with Crippen molar-refractivity contribution in [1.29, 1.82) is 0 Å². The standard InChI is InChI=1S/C16H23NO8/c1-9(8-13(20)25-17-11(18)6-7-12(17)19)14(21)23-10(2)15(22)24-16(3,4)5/h9-10H,6-8H2,1-5H3/t9-,10-/m0/s1. The van der Waals surface area contributed by atoms with Crippen molar-refractivity contribution < 1.29 is 38.3 Å². The SMILES string of the molecule is C[C@H](OC(=O)[C@@H](C)CC(=O)ON1C(=O)CCC1=O)C(=O)OC(C)(C)C. The molecule has 0 spiro atoms. The highest BCUT2D eigenvalue weighted by Crippen LogP contribution is 2.16. The van der Waals surface area contributed by atoms with Gasteiger partial charge in [0.25, 0.3) is 11.8 Å². The Morgan fingerprint density at radius 2 is 1.56 bits per heavy atom. The van der Waals surface area contributed by atoms with Crippen molar-refractivity contribution in [2.75, 3.05) is 0 Å².